The maximum absolute atomic E-state index is 8.67. The molecule has 208 valence electrons. The van der Waals surface area contributed by atoms with Crippen LogP contribution in [-0.4, -0.2) is 27.0 Å². The highest BCUT2D eigenvalue weighted by atomic mass is 35.5. The average Bonchev–Trinajstić information content (AvgIpc) is 3.12. The topological polar surface area (TPSA) is 87.3 Å². The number of H-pyrrole nitrogens is 1. The lowest BCUT2D eigenvalue weighted by atomic mass is 10.1. The molecule has 37 heavy (non-hydrogen) atoms. The van der Waals surface area contributed by atoms with Crippen molar-refractivity contribution < 1.29 is 5.11 Å². The lowest BCUT2D eigenvalue weighted by Gasteiger charge is -2.07. The van der Waals surface area contributed by atoms with Gasteiger partial charge in [0.1, 0.15) is 0 Å². The maximum Gasteiger partial charge on any atom is 0.0965 e. The standard InChI is InChI=1S/C14H19N3.C10H14ClN.C5H12O.C2H6/c1-9(2)6-12-7-13(17-11(5)15)14(10(3)4)16-8-12;1-5-8-10(11)9(6(2)3)7(4)12-8;1-3-5(6)4-2;1-2/h7-8H,1,3,6H2,2,4-5H3,(H2,15,17);12H,4-5H2,1-3H3;5-6H,3-4H2,1-2H3;1-2H3. The van der Waals surface area contributed by atoms with Crippen molar-refractivity contribution in [1.82, 2.24) is 9.97 Å². The predicted octanol–water partition coefficient (Wildman–Crippen LogP) is 7.27. The highest BCUT2D eigenvalue weighted by Crippen LogP contribution is 2.25. The summed E-state index contributed by atoms with van der Waals surface area (Å²) in [6.45, 7) is 31.5. The predicted molar refractivity (Wildman–Crippen MR) is 167 cm³/mol. The summed E-state index contributed by atoms with van der Waals surface area (Å²) < 4.78 is 0. The van der Waals surface area contributed by atoms with Crippen molar-refractivity contribution >= 4 is 40.8 Å². The van der Waals surface area contributed by atoms with Gasteiger partial charge in [-0.3, -0.25) is 4.98 Å². The number of hydrogen-bond donors (Lipinski definition) is 3. The van der Waals surface area contributed by atoms with Crippen molar-refractivity contribution in [3.05, 3.63) is 63.5 Å². The van der Waals surface area contributed by atoms with Crippen LogP contribution in [0.3, 0.4) is 0 Å². The minimum Gasteiger partial charge on any atom is -0.393 e. The van der Waals surface area contributed by atoms with Gasteiger partial charge in [-0.1, -0.05) is 77.1 Å². The second-order valence-electron chi connectivity index (χ2n) is 8.97. The zero-order valence-electron chi connectivity index (χ0n) is 25.0. The molecule has 2 aromatic heterocycles. The first-order chi connectivity index (χ1) is 17.3. The number of nitrogens with one attached hydrogen (secondary N) is 1. The van der Waals surface area contributed by atoms with Gasteiger partial charge in [0, 0.05) is 22.5 Å². The Bertz CT molecular complexity index is 1120. The van der Waals surface area contributed by atoms with E-state index in [9.17, 15) is 0 Å². The summed E-state index contributed by atoms with van der Waals surface area (Å²) in [6.07, 6.45) is 5.27. The first-order valence-corrected chi connectivity index (χ1v) is 13.5. The number of halogens is 1. The molecule has 2 heterocycles. The zero-order chi connectivity index (χ0) is 29.3. The van der Waals surface area contributed by atoms with Crippen LogP contribution in [0.2, 0.25) is 5.02 Å². The molecule has 0 aromatic carbocycles. The number of aliphatic imine (C=N–C) groups is 1. The van der Waals surface area contributed by atoms with E-state index < -0.39 is 0 Å². The van der Waals surface area contributed by atoms with Gasteiger partial charge in [-0.2, -0.15) is 0 Å². The molecule has 0 saturated heterocycles. The van der Waals surface area contributed by atoms with Gasteiger partial charge in [-0.05, 0) is 77.5 Å². The van der Waals surface area contributed by atoms with Crippen LogP contribution in [0.15, 0.2) is 36.0 Å². The van der Waals surface area contributed by atoms with Gasteiger partial charge in [-0.15, -0.1) is 0 Å². The molecule has 2 rings (SSSR count). The normalized spacial score (nSPS) is 10.4. The Hall–Kier alpha value is -2.63. The molecule has 2 aromatic rings. The second kappa shape index (κ2) is 19.5. The molecule has 0 aliphatic heterocycles. The summed E-state index contributed by atoms with van der Waals surface area (Å²) in [4.78, 5) is 11.9. The molecule has 0 bridgehead atoms. The molecule has 4 N–H and O–H groups in total. The number of amidine groups is 1. The highest BCUT2D eigenvalue weighted by molar-refractivity contribution is 6.31. The zero-order valence-corrected chi connectivity index (χ0v) is 25.7. The minimum atomic E-state index is -0.0648. The molecule has 0 radical (unpaired) electrons. The molecule has 6 heteroatoms. The van der Waals surface area contributed by atoms with E-state index in [4.69, 9.17) is 22.4 Å². The summed E-state index contributed by atoms with van der Waals surface area (Å²) in [5.41, 5.74) is 12.5. The number of nitrogens with two attached hydrogens (primary N) is 1. The van der Waals surface area contributed by atoms with Gasteiger partial charge in [-0.25, -0.2) is 4.99 Å². The summed E-state index contributed by atoms with van der Waals surface area (Å²) in [7, 11) is 0. The smallest absolute Gasteiger partial charge is 0.0965 e. The molecule has 0 amide bonds. The molecule has 0 atom stereocenters. The third kappa shape index (κ3) is 14.0. The van der Waals surface area contributed by atoms with Crippen molar-refractivity contribution in [2.45, 2.75) is 101 Å². The van der Waals surface area contributed by atoms with Crippen LogP contribution in [0.5, 0.6) is 0 Å². The molecule has 0 aliphatic carbocycles. The number of aromatic amines is 1. The number of allylic oxidation sites excluding steroid dienone is 2. The highest BCUT2D eigenvalue weighted by Gasteiger charge is 2.06. The van der Waals surface area contributed by atoms with Crippen molar-refractivity contribution in [3.63, 3.8) is 0 Å². The lowest BCUT2D eigenvalue weighted by Crippen LogP contribution is -2.22. The Morgan fingerprint density at radius 3 is 1.95 bits per heavy atom. The first-order valence-electron chi connectivity index (χ1n) is 13.1. The van der Waals surface area contributed by atoms with Crippen LogP contribution >= 0.6 is 11.6 Å². The van der Waals surface area contributed by atoms with Crippen LogP contribution in [-0.2, 0) is 12.8 Å². The van der Waals surface area contributed by atoms with E-state index in [2.05, 4.69) is 41.6 Å². The van der Waals surface area contributed by atoms with Gasteiger partial charge in [0.05, 0.1) is 28.3 Å². The Morgan fingerprint density at radius 1 is 1.11 bits per heavy atom. The van der Waals surface area contributed by atoms with Gasteiger partial charge in [0.25, 0.3) is 0 Å². The van der Waals surface area contributed by atoms with E-state index in [0.717, 1.165) is 75.1 Å². The first kappa shape index (κ1) is 36.5. The van der Waals surface area contributed by atoms with E-state index in [-0.39, 0.29) is 6.10 Å². The van der Waals surface area contributed by atoms with Gasteiger partial charge in [0.15, 0.2) is 0 Å². The average molecular weight is 531 g/mol. The number of aromatic nitrogens is 2. The van der Waals surface area contributed by atoms with Crippen molar-refractivity contribution in [2.24, 2.45) is 10.7 Å². The molecular formula is C31H51ClN4O. The maximum atomic E-state index is 8.67. The Labute approximate surface area is 231 Å². The fraction of sp³-hybridized carbons (Fsp3) is 0.484. The van der Waals surface area contributed by atoms with Gasteiger partial charge in [0.2, 0.25) is 0 Å². The van der Waals surface area contributed by atoms with Crippen LogP contribution in [0, 0.1) is 0 Å². The number of hydrogen-bond acceptors (Lipinski definition) is 3. The fourth-order valence-electron chi connectivity index (χ4n) is 3.18. The van der Waals surface area contributed by atoms with Crippen LogP contribution in [0.4, 0.5) is 5.69 Å². The second-order valence-corrected chi connectivity index (χ2v) is 9.35. The van der Waals surface area contributed by atoms with Gasteiger partial charge < -0.3 is 15.8 Å². The largest absolute Gasteiger partial charge is 0.393 e. The number of nitrogens with zero attached hydrogens (tertiary/aromatic N) is 2. The Morgan fingerprint density at radius 2 is 1.65 bits per heavy atom. The molecule has 0 spiro atoms. The lowest BCUT2D eigenvalue weighted by molar-refractivity contribution is 0.166. The SMILES string of the molecule is C=C(C)Cc1cnc(C(=C)C)c(N=C(C)N)c1.C=c1[nH]c(CC)c(Cl)c1=C(C)C.CC.CCC(O)CC. The van der Waals surface area contributed by atoms with Crippen LogP contribution in [0.1, 0.15) is 99.0 Å². The van der Waals surface area contributed by atoms with Crippen molar-refractivity contribution in [2.75, 3.05) is 0 Å². The van der Waals surface area contributed by atoms with Crippen molar-refractivity contribution in [1.29, 1.82) is 0 Å². The molecule has 5 nitrogen and oxygen atoms in total. The fourth-order valence-corrected chi connectivity index (χ4v) is 3.66. The third-order valence-electron chi connectivity index (χ3n) is 5.02. The summed E-state index contributed by atoms with van der Waals surface area (Å²) in [6, 6.07) is 1.99. The van der Waals surface area contributed by atoms with E-state index in [1.54, 1.807) is 6.92 Å². The molecule has 0 fully saturated rings. The molecule has 0 aliphatic rings. The monoisotopic (exact) mass is 530 g/mol. The van der Waals surface area contributed by atoms with Crippen LogP contribution in [0.25, 0.3) is 17.7 Å². The van der Waals surface area contributed by atoms with Crippen LogP contribution < -0.4 is 16.3 Å². The number of aliphatic hydroxyl groups excluding tert-OH is 1. The van der Waals surface area contributed by atoms with E-state index >= 15 is 0 Å². The molecule has 0 unspecified atom stereocenters. The van der Waals surface area contributed by atoms with E-state index in [0.29, 0.717) is 5.84 Å². The van der Waals surface area contributed by atoms with Gasteiger partial charge >= 0.3 is 0 Å². The summed E-state index contributed by atoms with van der Waals surface area (Å²) >= 11 is 6.13. The molecule has 0 saturated carbocycles. The Balaban J connectivity index is 0. The molecular weight excluding hydrogens is 480 g/mol. The number of aliphatic hydroxyl groups is 1. The Kier molecular flexibility index (Phi) is 19.2. The number of aryl methyl sites for hydroxylation is 1. The number of rotatable bonds is 7. The van der Waals surface area contributed by atoms with E-state index in [1.807, 2.05) is 67.7 Å². The quantitative estimate of drug-likeness (QED) is 0.200. The third-order valence-corrected chi connectivity index (χ3v) is 5.43. The van der Waals surface area contributed by atoms with Crippen molar-refractivity contribution in [3.8, 4) is 0 Å². The van der Waals surface area contributed by atoms with E-state index in [1.165, 1.54) is 5.57 Å². The summed E-state index contributed by atoms with van der Waals surface area (Å²) in [5.74, 6) is 0.516. The summed E-state index contributed by atoms with van der Waals surface area (Å²) in [5, 5.41) is 11.5. The number of pyridine rings is 1. The minimum absolute atomic E-state index is 0.0648.